The monoisotopic (exact) mass is 242 g/mol. The summed E-state index contributed by atoms with van der Waals surface area (Å²) in [5.41, 5.74) is 1.51. The third kappa shape index (κ3) is 1.53. The maximum Gasteiger partial charge on any atom is 0.164 e. The van der Waals surface area contributed by atoms with E-state index in [1.54, 1.807) is 0 Å². The van der Waals surface area contributed by atoms with Crippen molar-refractivity contribution in [3.8, 4) is 0 Å². The number of Topliss-reactive ketones (excluding diaryl/α,β-unsaturated/α-hetero) is 1. The third-order valence-electron chi connectivity index (χ3n) is 2.27. The molecule has 0 aromatic heterocycles. The summed E-state index contributed by atoms with van der Waals surface area (Å²) in [5, 5.41) is 0. The highest BCUT2D eigenvalue weighted by molar-refractivity contribution is 9.10. The number of carbonyl (C=O) groups excluding carboxylic acids is 1. The summed E-state index contributed by atoms with van der Waals surface area (Å²) in [5.74, 6) is -0.159. The molecule has 2 rings (SSSR count). The summed E-state index contributed by atoms with van der Waals surface area (Å²) in [7, 11) is 0. The number of halogens is 2. The molecular weight excluding hydrogens is 235 g/mol. The van der Waals surface area contributed by atoms with E-state index in [0.29, 0.717) is 16.5 Å². The topological polar surface area (TPSA) is 17.1 Å². The van der Waals surface area contributed by atoms with Crippen LogP contribution in [0, 0.1) is 5.82 Å². The molecule has 1 nitrogen and oxygen atoms in total. The first kappa shape index (κ1) is 8.88. The van der Waals surface area contributed by atoms with Crippen molar-refractivity contribution in [1.29, 1.82) is 0 Å². The molecule has 1 aromatic carbocycles. The van der Waals surface area contributed by atoms with Gasteiger partial charge in [0, 0.05) is 16.5 Å². The summed E-state index contributed by atoms with van der Waals surface area (Å²) in [4.78, 5) is 11.5. The van der Waals surface area contributed by atoms with E-state index in [0.717, 1.165) is 18.4 Å². The van der Waals surface area contributed by atoms with Crippen LogP contribution in [0.15, 0.2) is 16.6 Å². The second kappa shape index (κ2) is 3.22. The fourth-order valence-electron chi connectivity index (χ4n) is 1.70. The van der Waals surface area contributed by atoms with Crippen LogP contribution in [0.2, 0.25) is 0 Å². The lowest BCUT2D eigenvalue weighted by Crippen LogP contribution is -2.11. The summed E-state index contributed by atoms with van der Waals surface area (Å²) in [6.07, 6.45) is 2.22. The number of rotatable bonds is 0. The van der Waals surface area contributed by atoms with Crippen molar-refractivity contribution in [3.63, 3.8) is 0 Å². The Morgan fingerprint density at radius 3 is 2.85 bits per heavy atom. The minimum absolute atomic E-state index is 0.119. The zero-order valence-corrected chi connectivity index (χ0v) is 8.53. The smallest absolute Gasteiger partial charge is 0.164 e. The van der Waals surface area contributed by atoms with Crippen LogP contribution in [0.3, 0.4) is 0 Å². The zero-order valence-electron chi connectivity index (χ0n) is 6.94. The van der Waals surface area contributed by atoms with Gasteiger partial charge < -0.3 is 0 Å². The third-order valence-corrected chi connectivity index (χ3v) is 2.89. The molecule has 0 fully saturated rings. The van der Waals surface area contributed by atoms with E-state index in [-0.39, 0.29) is 11.6 Å². The van der Waals surface area contributed by atoms with E-state index in [9.17, 15) is 9.18 Å². The van der Waals surface area contributed by atoms with Crippen molar-refractivity contribution in [3.05, 3.63) is 33.5 Å². The number of fused-ring (bicyclic) bond motifs is 1. The molecule has 0 saturated carbocycles. The van der Waals surface area contributed by atoms with Crippen LogP contribution in [0.4, 0.5) is 4.39 Å². The van der Waals surface area contributed by atoms with Crippen LogP contribution < -0.4 is 0 Å². The first-order chi connectivity index (χ1) is 6.18. The maximum absolute atomic E-state index is 12.9. The lowest BCUT2D eigenvalue weighted by atomic mass is 9.91. The van der Waals surface area contributed by atoms with Crippen molar-refractivity contribution in [2.24, 2.45) is 0 Å². The van der Waals surface area contributed by atoms with Crippen LogP contribution in [0.5, 0.6) is 0 Å². The molecule has 0 bridgehead atoms. The highest BCUT2D eigenvalue weighted by atomic mass is 79.9. The number of hydrogen-bond acceptors (Lipinski definition) is 1. The van der Waals surface area contributed by atoms with Crippen molar-refractivity contribution < 1.29 is 9.18 Å². The van der Waals surface area contributed by atoms with Crippen molar-refractivity contribution >= 4 is 21.7 Å². The van der Waals surface area contributed by atoms with Gasteiger partial charge in [-0.3, -0.25) is 4.79 Å². The molecule has 0 spiro atoms. The first-order valence-electron chi connectivity index (χ1n) is 4.19. The molecule has 0 radical (unpaired) electrons. The molecule has 0 N–H and O–H groups in total. The fraction of sp³-hybridized carbons (Fsp3) is 0.300. The maximum atomic E-state index is 12.9. The van der Waals surface area contributed by atoms with Crippen LogP contribution in [0.25, 0.3) is 0 Å². The molecule has 3 heteroatoms. The summed E-state index contributed by atoms with van der Waals surface area (Å²) >= 11 is 3.21. The summed E-state index contributed by atoms with van der Waals surface area (Å²) in [6, 6.07) is 2.80. The van der Waals surface area contributed by atoms with Crippen LogP contribution in [-0.2, 0) is 6.42 Å². The molecule has 0 heterocycles. The van der Waals surface area contributed by atoms with Gasteiger partial charge >= 0.3 is 0 Å². The molecule has 13 heavy (non-hydrogen) atoms. The van der Waals surface area contributed by atoms with Gasteiger partial charge in [0.25, 0.3) is 0 Å². The second-order valence-corrected chi connectivity index (χ2v) is 4.05. The first-order valence-corrected chi connectivity index (χ1v) is 4.99. The van der Waals surface area contributed by atoms with Gasteiger partial charge in [0.15, 0.2) is 5.78 Å². The Bertz CT molecular complexity index is 373. The average molecular weight is 243 g/mol. The van der Waals surface area contributed by atoms with E-state index in [1.807, 2.05) is 0 Å². The van der Waals surface area contributed by atoms with Gasteiger partial charge in [-0.1, -0.05) is 0 Å². The molecular formula is C10H8BrFO. The Labute approximate surface area is 84.1 Å². The Hall–Kier alpha value is -0.700. The summed E-state index contributed by atoms with van der Waals surface area (Å²) < 4.78 is 13.5. The van der Waals surface area contributed by atoms with Gasteiger partial charge in [0.05, 0.1) is 0 Å². The number of benzene rings is 1. The normalized spacial score (nSPS) is 15.7. The second-order valence-electron chi connectivity index (χ2n) is 3.20. The lowest BCUT2D eigenvalue weighted by molar-refractivity contribution is 0.0971. The average Bonchev–Trinajstić information content (AvgIpc) is 2.02. The van der Waals surface area contributed by atoms with Crippen LogP contribution >= 0.6 is 15.9 Å². The van der Waals surface area contributed by atoms with Gasteiger partial charge in [-0.25, -0.2) is 4.39 Å². The molecule has 1 aliphatic carbocycles. The van der Waals surface area contributed by atoms with E-state index in [1.165, 1.54) is 12.1 Å². The van der Waals surface area contributed by atoms with Gasteiger partial charge in [-0.2, -0.15) is 0 Å². The lowest BCUT2D eigenvalue weighted by Gasteiger charge is -2.15. The van der Waals surface area contributed by atoms with E-state index in [2.05, 4.69) is 15.9 Å². The Balaban J connectivity index is 2.63. The quantitative estimate of drug-likeness (QED) is 0.684. The molecule has 0 unspecified atom stereocenters. The van der Waals surface area contributed by atoms with Crippen LogP contribution in [-0.4, -0.2) is 5.78 Å². The molecule has 68 valence electrons. The van der Waals surface area contributed by atoms with E-state index >= 15 is 0 Å². The molecule has 1 aromatic rings. The Morgan fingerprint density at radius 1 is 1.31 bits per heavy atom. The zero-order chi connectivity index (χ0) is 9.42. The van der Waals surface area contributed by atoms with Gasteiger partial charge in [0.1, 0.15) is 5.82 Å². The minimum Gasteiger partial charge on any atom is -0.294 e. The molecule has 0 aliphatic heterocycles. The highest BCUT2D eigenvalue weighted by Gasteiger charge is 2.20. The fourth-order valence-corrected chi connectivity index (χ4v) is 2.40. The SMILES string of the molecule is O=C1CCCc2cc(F)cc(Br)c21. The number of ketones is 1. The van der Waals surface area contributed by atoms with Crippen LogP contribution in [0.1, 0.15) is 28.8 Å². The Morgan fingerprint density at radius 2 is 2.08 bits per heavy atom. The number of carbonyl (C=O) groups is 1. The largest absolute Gasteiger partial charge is 0.294 e. The minimum atomic E-state index is -0.277. The number of aryl methyl sites for hydroxylation is 1. The predicted octanol–water partition coefficient (Wildman–Crippen LogP) is 3.11. The molecule has 1 aliphatic rings. The predicted molar refractivity (Wildman–Crippen MR) is 51.4 cm³/mol. The van der Waals surface area contributed by atoms with E-state index in [4.69, 9.17) is 0 Å². The standard InChI is InChI=1S/C10H8BrFO/c11-8-5-7(12)4-6-2-1-3-9(13)10(6)8/h4-5H,1-3H2. The number of hydrogen-bond donors (Lipinski definition) is 0. The molecule has 0 saturated heterocycles. The van der Waals surface area contributed by atoms with Gasteiger partial charge in [0.2, 0.25) is 0 Å². The summed E-state index contributed by atoms with van der Waals surface area (Å²) in [6.45, 7) is 0. The van der Waals surface area contributed by atoms with Crippen molar-refractivity contribution in [2.45, 2.75) is 19.3 Å². The van der Waals surface area contributed by atoms with E-state index < -0.39 is 0 Å². The Kier molecular flexibility index (Phi) is 2.20. The van der Waals surface area contributed by atoms with Crippen molar-refractivity contribution in [2.75, 3.05) is 0 Å². The van der Waals surface area contributed by atoms with Crippen molar-refractivity contribution in [1.82, 2.24) is 0 Å². The highest BCUT2D eigenvalue weighted by Crippen LogP contribution is 2.29. The van der Waals surface area contributed by atoms with Gasteiger partial charge in [-0.15, -0.1) is 0 Å². The molecule has 0 amide bonds. The van der Waals surface area contributed by atoms with Gasteiger partial charge in [-0.05, 0) is 46.5 Å². The molecule has 0 atom stereocenters.